The van der Waals surface area contributed by atoms with Gasteiger partial charge in [0.2, 0.25) is 21.7 Å². The van der Waals surface area contributed by atoms with Crippen molar-refractivity contribution in [1.82, 2.24) is 24.4 Å². The van der Waals surface area contributed by atoms with Gasteiger partial charge in [0.1, 0.15) is 15.5 Å². The fourth-order valence-corrected chi connectivity index (χ4v) is 5.43. The molecule has 0 amide bonds. The predicted molar refractivity (Wildman–Crippen MR) is 92.5 cm³/mol. The molecule has 3 aromatic rings. The van der Waals surface area contributed by atoms with E-state index in [4.69, 9.17) is 4.52 Å². The summed E-state index contributed by atoms with van der Waals surface area (Å²) in [6.07, 6.45) is 4.56. The van der Waals surface area contributed by atoms with Crippen LogP contribution in [-0.2, 0) is 14.8 Å². The molecule has 10 nitrogen and oxygen atoms in total. The SMILES string of the molecule is COC(=O)c1sccc1S(=O)(=O)N1CC(c2nc(-c3cnccn3)no2)C1. The van der Waals surface area contributed by atoms with E-state index in [0.29, 0.717) is 17.4 Å². The molecule has 1 saturated heterocycles. The lowest BCUT2D eigenvalue weighted by Crippen LogP contribution is -2.48. The van der Waals surface area contributed by atoms with Gasteiger partial charge in [0.05, 0.1) is 19.2 Å². The smallest absolute Gasteiger partial charge is 0.349 e. The molecule has 0 saturated carbocycles. The van der Waals surface area contributed by atoms with Crippen molar-refractivity contribution in [3.8, 4) is 11.5 Å². The molecule has 0 atom stereocenters. The number of nitrogens with zero attached hydrogens (tertiary/aromatic N) is 5. The lowest BCUT2D eigenvalue weighted by Gasteiger charge is -2.35. The van der Waals surface area contributed by atoms with Crippen molar-refractivity contribution >= 4 is 27.3 Å². The second-order valence-electron chi connectivity index (χ2n) is 5.67. The Hall–Kier alpha value is -2.70. The zero-order valence-corrected chi connectivity index (χ0v) is 15.6. The van der Waals surface area contributed by atoms with Gasteiger partial charge < -0.3 is 9.26 Å². The molecule has 0 unspecified atom stereocenters. The average molecular weight is 407 g/mol. The van der Waals surface area contributed by atoms with E-state index >= 15 is 0 Å². The highest BCUT2D eigenvalue weighted by atomic mass is 32.2. The molecule has 0 aromatic carbocycles. The van der Waals surface area contributed by atoms with E-state index in [1.165, 1.54) is 36.1 Å². The van der Waals surface area contributed by atoms with Crippen LogP contribution in [0.1, 0.15) is 21.5 Å². The lowest BCUT2D eigenvalue weighted by atomic mass is 10.0. The number of methoxy groups -OCH3 is 1. The second kappa shape index (κ2) is 6.79. The van der Waals surface area contributed by atoms with Gasteiger partial charge in [0.15, 0.2) is 0 Å². The Labute approximate surface area is 157 Å². The highest BCUT2D eigenvalue weighted by Crippen LogP contribution is 2.34. The fourth-order valence-electron chi connectivity index (χ4n) is 2.59. The fraction of sp³-hybridized carbons (Fsp3) is 0.267. The predicted octanol–water partition coefficient (Wildman–Crippen LogP) is 1.16. The van der Waals surface area contributed by atoms with Gasteiger partial charge in [-0.15, -0.1) is 11.3 Å². The molecular formula is C15H13N5O5S2. The van der Waals surface area contributed by atoms with E-state index in [9.17, 15) is 13.2 Å². The number of hydrogen-bond acceptors (Lipinski definition) is 10. The van der Waals surface area contributed by atoms with E-state index in [-0.39, 0.29) is 28.8 Å². The summed E-state index contributed by atoms with van der Waals surface area (Å²) in [6.45, 7) is 0.363. The Kier molecular flexibility index (Phi) is 4.45. The Morgan fingerprint density at radius 3 is 2.89 bits per heavy atom. The number of aromatic nitrogens is 4. The van der Waals surface area contributed by atoms with Crippen LogP contribution in [0, 0.1) is 0 Å². The van der Waals surface area contributed by atoms with Gasteiger partial charge in [-0.3, -0.25) is 4.98 Å². The monoisotopic (exact) mass is 407 g/mol. The minimum Gasteiger partial charge on any atom is -0.465 e. The first-order valence-corrected chi connectivity index (χ1v) is 10.1. The standard InChI is InChI=1S/C15H13N5O5S2/c1-24-15(21)12-11(2-5-26-12)27(22,23)20-7-9(8-20)14-18-13(19-25-14)10-6-16-3-4-17-10/h2-6,9H,7-8H2,1H3. The highest BCUT2D eigenvalue weighted by Gasteiger charge is 2.42. The molecule has 0 radical (unpaired) electrons. The normalized spacial score (nSPS) is 15.4. The molecule has 12 heteroatoms. The molecule has 0 N–H and O–H groups in total. The Balaban J connectivity index is 1.49. The molecule has 27 heavy (non-hydrogen) atoms. The van der Waals surface area contributed by atoms with E-state index in [1.54, 1.807) is 5.38 Å². The summed E-state index contributed by atoms with van der Waals surface area (Å²) in [7, 11) is -2.59. The van der Waals surface area contributed by atoms with Crippen LogP contribution in [0.5, 0.6) is 0 Å². The third kappa shape index (κ3) is 3.11. The Bertz CT molecular complexity index is 1070. The van der Waals surface area contributed by atoms with E-state index in [2.05, 4.69) is 24.8 Å². The molecule has 0 bridgehead atoms. The molecule has 140 valence electrons. The zero-order chi connectivity index (χ0) is 19.0. The van der Waals surface area contributed by atoms with Crippen molar-refractivity contribution in [2.45, 2.75) is 10.8 Å². The van der Waals surface area contributed by atoms with Gasteiger partial charge in [-0.25, -0.2) is 18.2 Å². The summed E-state index contributed by atoms with van der Waals surface area (Å²) in [5.41, 5.74) is 0.470. The van der Waals surface area contributed by atoms with Gasteiger partial charge in [-0.05, 0) is 11.4 Å². The number of carbonyl (C=O) groups excluding carboxylic acids is 1. The summed E-state index contributed by atoms with van der Waals surface area (Å²) in [6, 6.07) is 1.40. The summed E-state index contributed by atoms with van der Waals surface area (Å²) in [5.74, 6) is -0.269. The average Bonchev–Trinajstić information content (AvgIpc) is 3.30. The van der Waals surface area contributed by atoms with Gasteiger partial charge >= 0.3 is 5.97 Å². The molecule has 0 spiro atoms. The summed E-state index contributed by atoms with van der Waals surface area (Å²) < 4.78 is 36.7. The molecule has 1 aliphatic heterocycles. The third-order valence-corrected chi connectivity index (χ3v) is 6.95. The Morgan fingerprint density at radius 1 is 1.37 bits per heavy atom. The highest BCUT2D eigenvalue weighted by molar-refractivity contribution is 7.89. The van der Waals surface area contributed by atoms with Crippen LogP contribution >= 0.6 is 11.3 Å². The first-order chi connectivity index (χ1) is 13.0. The van der Waals surface area contributed by atoms with Gasteiger partial charge in [-0.2, -0.15) is 9.29 Å². The molecule has 1 fully saturated rings. The van der Waals surface area contributed by atoms with Crippen LogP contribution in [0.25, 0.3) is 11.5 Å². The molecule has 1 aliphatic rings. The molecular weight excluding hydrogens is 394 g/mol. The van der Waals surface area contributed by atoms with Crippen LogP contribution in [0.2, 0.25) is 0 Å². The minimum absolute atomic E-state index is 0.0522. The van der Waals surface area contributed by atoms with Crippen LogP contribution in [0.3, 0.4) is 0 Å². The Morgan fingerprint density at radius 2 is 2.19 bits per heavy atom. The number of esters is 1. The maximum atomic E-state index is 12.8. The maximum absolute atomic E-state index is 12.8. The number of carbonyl (C=O) groups is 1. The molecule has 4 rings (SSSR count). The van der Waals surface area contributed by atoms with E-state index < -0.39 is 16.0 Å². The van der Waals surface area contributed by atoms with Crippen LogP contribution < -0.4 is 0 Å². The number of ether oxygens (including phenoxy) is 1. The number of hydrogen-bond donors (Lipinski definition) is 0. The van der Waals surface area contributed by atoms with Gasteiger partial charge in [-0.1, -0.05) is 5.16 Å². The lowest BCUT2D eigenvalue weighted by molar-refractivity contribution is 0.0602. The minimum atomic E-state index is -3.80. The summed E-state index contributed by atoms with van der Waals surface area (Å²) in [4.78, 5) is 24.1. The molecule has 0 aliphatic carbocycles. The first kappa shape index (κ1) is 17.7. The van der Waals surface area contributed by atoms with Crippen molar-refractivity contribution in [3.05, 3.63) is 40.8 Å². The van der Waals surface area contributed by atoms with Gasteiger partial charge in [0, 0.05) is 25.5 Å². The quantitative estimate of drug-likeness (QED) is 0.572. The van der Waals surface area contributed by atoms with Crippen molar-refractivity contribution in [1.29, 1.82) is 0 Å². The molecule has 4 heterocycles. The van der Waals surface area contributed by atoms with Crippen LogP contribution in [0.15, 0.2) is 39.5 Å². The van der Waals surface area contributed by atoms with Crippen molar-refractivity contribution in [2.75, 3.05) is 20.2 Å². The van der Waals surface area contributed by atoms with Gasteiger partial charge in [0.25, 0.3) is 0 Å². The first-order valence-electron chi connectivity index (χ1n) is 7.76. The largest absolute Gasteiger partial charge is 0.465 e. The third-order valence-electron chi connectivity index (χ3n) is 4.05. The van der Waals surface area contributed by atoms with E-state index in [1.807, 2.05) is 0 Å². The van der Waals surface area contributed by atoms with Crippen LogP contribution in [0.4, 0.5) is 0 Å². The second-order valence-corrected chi connectivity index (χ2v) is 8.49. The maximum Gasteiger partial charge on any atom is 0.349 e. The number of sulfonamides is 1. The number of thiophene rings is 1. The van der Waals surface area contributed by atoms with Crippen LogP contribution in [-0.4, -0.2) is 59.0 Å². The molecule has 3 aromatic heterocycles. The van der Waals surface area contributed by atoms with Crippen molar-refractivity contribution < 1.29 is 22.5 Å². The van der Waals surface area contributed by atoms with E-state index in [0.717, 1.165) is 11.3 Å². The van der Waals surface area contributed by atoms with Crippen molar-refractivity contribution in [3.63, 3.8) is 0 Å². The number of rotatable bonds is 5. The van der Waals surface area contributed by atoms with Crippen molar-refractivity contribution in [2.24, 2.45) is 0 Å². The summed E-state index contributed by atoms with van der Waals surface area (Å²) in [5, 5.41) is 5.40. The topological polar surface area (TPSA) is 128 Å². The summed E-state index contributed by atoms with van der Waals surface area (Å²) >= 11 is 1.03. The zero-order valence-electron chi connectivity index (χ0n) is 14.0.